The van der Waals surface area contributed by atoms with Gasteiger partial charge in [0.1, 0.15) is 17.0 Å². The van der Waals surface area contributed by atoms with Gasteiger partial charge in [0.2, 0.25) is 17.7 Å². The topological polar surface area (TPSA) is 140 Å². The fourth-order valence-electron chi connectivity index (χ4n) is 8.19. The minimum absolute atomic E-state index is 0.0654. The number of unbranched alkanes of at least 4 members (excludes halogenated alkanes) is 5. The van der Waals surface area contributed by atoms with E-state index in [1.165, 1.54) is 31.4 Å². The van der Waals surface area contributed by atoms with Gasteiger partial charge in [0.15, 0.2) is 0 Å². The Morgan fingerprint density at radius 2 is 1.58 bits per heavy atom. The quantitative estimate of drug-likeness (QED) is 0.0977. The van der Waals surface area contributed by atoms with E-state index in [1.807, 2.05) is 18.3 Å². The maximum atomic E-state index is 12.8. The first-order valence-corrected chi connectivity index (χ1v) is 20.6. The average Bonchev–Trinajstić information content (AvgIpc) is 3.61. The third kappa shape index (κ3) is 10.6. The summed E-state index contributed by atoms with van der Waals surface area (Å²) in [6, 6.07) is 12.5. The van der Waals surface area contributed by atoms with Gasteiger partial charge in [-0.25, -0.2) is 0 Å². The van der Waals surface area contributed by atoms with Crippen molar-refractivity contribution < 1.29 is 23.9 Å². The number of aryl methyl sites for hydroxylation is 2. The van der Waals surface area contributed by atoms with Crippen LogP contribution in [-0.2, 0) is 41.3 Å². The van der Waals surface area contributed by atoms with Gasteiger partial charge in [0, 0.05) is 94.0 Å². The van der Waals surface area contributed by atoms with Gasteiger partial charge < -0.3 is 24.3 Å². The number of nitrogens with one attached hydrogen (secondary N) is 2. The van der Waals surface area contributed by atoms with Crippen LogP contribution in [0.5, 0.6) is 11.5 Å². The molecule has 0 saturated carbocycles. The molecule has 1 unspecified atom stereocenters. The molecule has 6 rings (SSSR count). The van der Waals surface area contributed by atoms with Gasteiger partial charge in [-0.2, -0.15) is 5.10 Å². The Bertz CT molecular complexity index is 2040. The number of amides is 3. The van der Waals surface area contributed by atoms with Crippen LogP contribution in [0.25, 0.3) is 22.0 Å². The van der Waals surface area contributed by atoms with Crippen LogP contribution in [0.2, 0.25) is 0 Å². The lowest BCUT2D eigenvalue weighted by Gasteiger charge is -2.36. The van der Waals surface area contributed by atoms with E-state index in [9.17, 15) is 19.2 Å². The van der Waals surface area contributed by atoms with Crippen LogP contribution >= 0.6 is 0 Å². The number of piperazine rings is 1. The predicted octanol–water partition coefficient (Wildman–Crippen LogP) is 5.15. The van der Waals surface area contributed by atoms with E-state index >= 15 is 0 Å². The Labute approximate surface area is 335 Å². The number of carbonyl (C=O) groups is 3. The van der Waals surface area contributed by atoms with E-state index in [-0.39, 0.29) is 29.2 Å². The highest BCUT2D eigenvalue weighted by Gasteiger charge is 2.27. The highest BCUT2D eigenvalue weighted by atomic mass is 16.5. The van der Waals surface area contributed by atoms with Gasteiger partial charge in [0.25, 0.3) is 5.56 Å². The molecule has 2 aliphatic rings. The third-order valence-corrected chi connectivity index (χ3v) is 11.6. The molecule has 13 heteroatoms. The number of fused-ring (bicyclic) bond motifs is 1. The summed E-state index contributed by atoms with van der Waals surface area (Å²) in [6.45, 7) is 6.02. The fourth-order valence-corrected chi connectivity index (χ4v) is 8.19. The van der Waals surface area contributed by atoms with Crippen LogP contribution in [0.4, 0.5) is 5.69 Å². The van der Waals surface area contributed by atoms with Crippen molar-refractivity contribution in [2.24, 2.45) is 20.0 Å². The lowest BCUT2D eigenvalue weighted by Crippen LogP contribution is -2.46. The maximum Gasteiger partial charge on any atom is 0.276 e. The summed E-state index contributed by atoms with van der Waals surface area (Å²) < 4.78 is 14.7. The Morgan fingerprint density at radius 1 is 0.895 bits per heavy atom. The molecule has 1 atom stereocenters. The second kappa shape index (κ2) is 19.8. The Morgan fingerprint density at radius 3 is 2.26 bits per heavy atom. The van der Waals surface area contributed by atoms with Crippen molar-refractivity contribution in [1.29, 1.82) is 0 Å². The first kappa shape index (κ1) is 41.5. The van der Waals surface area contributed by atoms with Crippen molar-refractivity contribution in [3.8, 4) is 22.6 Å². The molecule has 0 aliphatic carbocycles. The summed E-state index contributed by atoms with van der Waals surface area (Å²) in [4.78, 5) is 54.0. The van der Waals surface area contributed by atoms with Gasteiger partial charge in [-0.1, -0.05) is 37.8 Å². The number of anilines is 1. The molecule has 4 aromatic rings. The molecule has 13 nitrogen and oxygen atoms in total. The second-order valence-electron chi connectivity index (χ2n) is 15.5. The van der Waals surface area contributed by atoms with E-state index in [4.69, 9.17) is 9.47 Å². The summed E-state index contributed by atoms with van der Waals surface area (Å²) in [5.41, 5.74) is 5.43. The molecule has 2 aromatic carbocycles. The molecule has 57 heavy (non-hydrogen) atoms. The van der Waals surface area contributed by atoms with Crippen molar-refractivity contribution in [3.63, 3.8) is 0 Å². The SMILES string of the molecule is COc1cc(-c2cn(C)c(=O)c3c2cnn3C)cc(OC)c1CCCC(=O)NCCCCCCCCN1CCN(c2ccc(CC3CCC(=O)NC3=O)cc2)CC1. The highest BCUT2D eigenvalue weighted by Crippen LogP contribution is 2.38. The molecule has 0 spiro atoms. The number of piperidine rings is 1. The monoisotopic (exact) mass is 781 g/mol. The molecule has 306 valence electrons. The zero-order chi connectivity index (χ0) is 40.3. The van der Waals surface area contributed by atoms with Gasteiger partial charge >= 0.3 is 0 Å². The molecule has 2 N–H and O–H groups in total. The average molecular weight is 782 g/mol. The predicted molar refractivity (Wildman–Crippen MR) is 223 cm³/mol. The van der Waals surface area contributed by atoms with Crippen LogP contribution in [0.3, 0.4) is 0 Å². The number of pyridine rings is 1. The van der Waals surface area contributed by atoms with Crippen molar-refractivity contribution >= 4 is 34.3 Å². The lowest BCUT2D eigenvalue weighted by molar-refractivity contribution is -0.136. The van der Waals surface area contributed by atoms with Gasteiger partial charge in [-0.15, -0.1) is 0 Å². The molecule has 2 aliphatic heterocycles. The number of nitrogens with zero attached hydrogens (tertiary/aromatic N) is 5. The van der Waals surface area contributed by atoms with Crippen LogP contribution in [0, 0.1) is 5.92 Å². The first-order valence-electron chi connectivity index (χ1n) is 20.6. The van der Waals surface area contributed by atoms with Crippen molar-refractivity contribution in [2.45, 2.75) is 77.0 Å². The van der Waals surface area contributed by atoms with E-state index in [0.717, 1.165) is 73.2 Å². The molecule has 4 heterocycles. The maximum absolute atomic E-state index is 12.8. The number of carbonyl (C=O) groups excluding carboxylic acids is 3. The molecule has 0 bridgehead atoms. The number of aromatic nitrogens is 3. The normalized spacial score (nSPS) is 16.2. The van der Waals surface area contributed by atoms with Crippen LogP contribution in [0.15, 0.2) is 53.6 Å². The summed E-state index contributed by atoms with van der Waals surface area (Å²) in [5, 5.41) is 10.6. The number of hydrogen-bond donors (Lipinski definition) is 2. The van der Waals surface area contributed by atoms with E-state index in [2.05, 4.69) is 49.8 Å². The van der Waals surface area contributed by atoms with Crippen molar-refractivity contribution in [1.82, 2.24) is 29.9 Å². The molecule has 2 aromatic heterocycles. The zero-order valence-corrected chi connectivity index (χ0v) is 34.1. The third-order valence-electron chi connectivity index (χ3n) is 11.6. The molecule has 3 amide bonds. The van der Waals surface area contributed by atoms with Crippen LogP contribution in [0.1, 0.15) is 75.3 Å². The van der Waals surface area contributed by atoms with Crippen LogP contribution < -0.4 is 30.6 Å². The number of methoxy groups -OCH3 is 2. The number of ether oxygens (including phenoxy) is 2. The Kier molecular flexibility index (Phi) is 14.4. The van der Waals surface area contributed by atoms with Gasteiger partial charge in [0.05, 0.1) is 20.4 Å². The molecule has 2 saturated heterocycles. The minimum atomic E-state index is -0.164. The van der Waals surface area contributed by atoms with Gasteiger partial charge in [-0.05, 0) is 80.5 Å². The van der Waals surface area contributed by atoms with E-state index < -0.39 is 0 Å². The molecule has 2 fully saturated rings. The smallest absolute Gasteiger partial charge is 0.276 e. The zero-order valence-electron chi connectivity index (χ0n) is 34.1. The first-order chi connectivity index (χ1) is 27.6. The summed E-state index contributed by atoms with van der Waals surface area (Å²) in [6.07, 6.45) is 13.9. The number of imide groups is 1. The highest BCUT2D eigenvalue weighted by molar-refractivity contribution is 5.98. The number of hydrogen-bond acceptors (Lipinski definition) is 9. The number of benzene rings is 2. The van der Waals surface area contributed by atoms with E-state index in [0.29, 0.717) is 62.1 Å². The summed E-state index contributed by atoms with van der Waals surface area (Å²) >= 11 is 0. The largest absolute Gasteiger partial charge is 0.496 e. The summed E-state index contributed by atoms with van der Waals surface area (Å²) in [7, 11) is 6.77. The van der Waals surface area contributed by atoms with Crippen LogP contribution in [-0.4, -0.2) is 90.5 Å². The molecular weight excluding hydrogens is 723 g/mol. The lowest BCUT2D eigenvalue weighted by atomic mass is 9.91. The van der Waals surface area contributed by atoms with E-state index in [1.54, 1.807) is 43.8 Å². The second-order valence-corrected chi connectivity index (χ2v) is 15.5. The minimum Gasteiger partial charge on any atom is -0.496 e. The standard InChI is InChI=1S/C44H59N7O6/c1-48-30-37(36-29-46-49(2)42(36)44(48)55)33-27-38(56-3)35(39(28-33)57-4)12-11-13-40(52)45-20-9-7-5-6-8-10-21-50-22-24-51(25-23-50)34-17-14-31(15-18-34)26-32-16-19-41(53)47-43(32)54/h14-15,17-18,27-30,32H,5-13,16,19-26H2,1-4H3,(H,45,52)(H,47,53,54). The Hall–Kier alpha value is -5.17. The van der Waals surface area contributed by atoms with Crippen molar-refractivity contribution in [2.75, 3.05) is 58.4 Å². The summed E-state index contributed by atoms with van der Waals surface area (Å²) in [5.74, 6) is 1.00. The van der Waals surface area contributed by atoms with Crippen molar-refractivity contribution in [3.05, 3.63) is 70.3 Å². The molecule has 0 radical (unpaired) electrons. The Balaban J connectivity index is 0.821. The number of rotatable bonds is 19. The molecular formula is C44H59N7O6. The fraction of sp³-hybridized carbons (Fsp3) is 0.523. The van der Waals surface area contributed by atoms with Gasteiger partial charge in [-0.3, -0.25) is 34.1 Å².